The largest absolute Gasteiger partial charge is 0.323 e. The summed E-state index contributed by atoms with van der Waals surface area (Å²) >= 11 is 0. The summed E-state index contributed by atoms with van der Waals surface area (Å²) < 4.78 is 0. The lowest BCUT2D eigenvalue weighted by molar-refractivity contribution is -0.121. The highest BCUT2D eigenvalue weighted by atomic mass is 16.2. The predicted octanol–water partition coefficient (Wildman–Crippen LogP) is 2.79. The molecule has 1 aromatic heterocycles. The number of carbonyl (C=O) groups excluding carboxylic acids is 2. The van der Waals surface area contributed by atoms with E-state index < -0.39 is 0 Å². The maximum Gasteiger partial charge on any atom is 0.273 e. The molecular formula is C20H24N4O2. The molecule has 136 valence electrons. The number of rotatable bonds is 3. The molecule has 1 aliphatic heterocycles. The maximum atomic E-state index is 12.9. The molecule has 6 nitrogen and oxygen atoms in total. The van der Waals surface area contributed by atoms with Gasteiger partial charge >= 0.3 is 0 Å². The van der Waals surface area contributed by atoms with Gasteiger partial charge in [0.25, 0.3) is 5.91 Å². The van der Waals surface area contributed by atoms with Crippen LogP contribution in [0.15, 0.2) is 36.5 Å². The van der Waals surface area contributed by atoms with Crippen molar-refractivity contribution in [1.29, 1.82) is 0 Å². The van der Waals surface area contributed by atoms with E-state index in [1.807, 2.05) is 52.0 Å². The van der Waals surface area contributed by atoms with E-state index in [0.717, 1.165) is 11.3 Å². The Morgan fingerprint density at radius 1 is 1.19 bits per heavy atom. The van der Waals surface area contributed by atoms with Crippen molar-refractivity contribution in [2.45, 2.75) is 39.7 Å². The number of aryl methyl sites for hydroxylation is 1. The first-order valence-electron chi connectivity index (χ1n) is 8.87. The average molecular weight is 352 g/mol. The second-order valence-corrected chi connectivity index (χ2v) is 7.08. The van der Waals surface area contributed by atoms with Gasteiger partial charge in [0.2, 0.25) is 5.91 Å². The van der Waals surface area contributed by atoms with Gasteiger partial charge in [-0.3, -0.25) is 9.59 Å². The summed E-state index contributed by atoms with van der Waals surface area (Å²) in [5, 5.41) is 0. The first-order valence-corrected chi connectivity index (χ1v) is 8.87. The van der Waals surface area contributed by atoms with Crippen molar-refractivity contribution in [3.05, 3.63) is 53.6 Å². The van der Waals surface area contributed by atoms with E-state index >= 15 is 0 Å². The molecule has 6 heteroatoms. The number of hydrogen-bond acceptors (Lipinski definition) is 4. The van der Waals surface area contributed by atoms with Gasteiger partial charge in [0.1, 0.15) is 18.1 Å². The third kappa shape index (κ3) is 3.59. The van der Waals surface area contributed by atoms with Gasteiger partial charge in [-0.1, -0.05) is 31.5 Å². The number of nitrogens with zero attached hydrogens (tertiary/aromatic N) is 4. The molecule has 3 rings (SSSR count). The van der Waals surface area contributed by atoms with Crippen LogP contribution in [0.3, 0.4) is 0 Å². The lowest BCUT2D eigenvalue weighted by Gasteiger charge is -2.39. The zero-order valence-electron chi connectivity index (χ0n) is 15.6. The van der Waals surface area contributed by atoms with Crippen LogP contribution in [-0.2, 0) is 4.79 Å². The summed E-state index contributed by atoms with van der Waals surface area (Å²) in [6, 6.07) is 9.36. The summed E-state index contributed by atoms with van der Waals surface area (Å²) in [6.07, 6.45) is 1.60. The van der Waals surface area contributed by atoms with Gasteiger partial charge in [-0.05, 0) is 32.0 Å². The fourth-order valence-electron chi connectivity index (χ4n) is 3.02. The van der Waals surface area contributed by atoms with Crippen LogP contribution >= 0.6 is 0 Å². The fraction of sp³-hybridized carbons (Fsp3) is 0.400. The van der Waals surface area contributed by atoms with Crippen LogP contribution in [0.25, 0.3) is 0 Å². The molecule has 1 fully saturated rings. The normalized spacial score (nSPS) is 17.7. The van der Waals surface area contributed by atoms with Crippen LogP contribution in [0.5, 0.6) is 0 Å². The molecule has 1 aromatic carbocycles. The summed E-state index contributed by atoms with van der Waals surface area (Å²) in [4.78, 5) is 37.4. The molecule has 1 atom stereocenters. The molecule has 0 N–H and O–H groups in total. The highest BCUT2D eigenvalue weighted by Crippen LogP contribution is 2.22. The molecule has 1 aliphatic rings. The minimum absolute atomic E-state index is 0.0505. The SMILES string of the molecule is Cc1ccc(N2C[C@H](C)N(C(=O)c3ccnc(C(C)C)n3)CC2=O)cc1. The Balaban J connectivity index is 1.79. The van der Waals surface area contributed by atoms with Crippen molar-refractivity contribution in [2.24, 2.45) is 0 Å². The van der Waals surface area contributed by atoms with Crippen LogP contribution in [0.1, 0.15) is 48.6 Å². The Labute approximate surface area is 153 Å². The summed E-state index contributed by atoms with van der Waals surface area (Å²) in [5.41, 5.74) is 2.35. The van der Waals surface area contributed by atoms with Crippen molar-refractivity contribution >= 4 is 17.5 Å². The Morgan fingerprint density at radius 2 is 1.88 bits per heavy atom. The van der Waals surface area contributed by atoms with Crippen molar-refractivity contribution in [3.8, 4) is 0 Å². The van der Waals surface area contributed by atoms with Crippen LogP contribution in [-0.4, -0.2) is 45.8 Å². The smallest absolute Gasteiger partial charge is 0.273 e. The number of piperazine rings is 1. The molecule has 0 radical (unpaired) electrons. The first kappa shape index (κ1) is 18.0. The Bertz CT molecular complexity index is 817. The molecule has 1 saturated heterocycles. The Kier molecular flexibility index (Phi) is 5.02. The minimum atomic E-state index is -0.223. The molecule has 26 heavy (non-hydrogen) atoms. The van der Waals surface area contributed by atoms with E-state index in [1.165, 1.54) is 0 Å². The van der Waals surface area contributed by atoms with Crippen molar-refractivity contribution in [3.63, 3.8) is 0 Å². The second kappa shape index (κ2) is 7.23. The average Bonchev–Trinajstić information content (AvgIpc) is 2.63. The van der Waals surface area contributed by atoms with Gasteiger partial charge in [-0.15, -0.1) is 0 Å². The molecular weight excluding hydrogens is 328 g/mol. The van der Waals surface area contributed by atoms with Crippen LogP contribution in [0, 0.1) is 6.92 Å². The molecule has 2 aromatic rings. The lowest BCUT2D eigenvalue weighted by atomic mass is 10.1. The lowest BCUT2D eigenvalue weighted by Crippen LogP contribution is -2.57. The van der Waals surface area contributed by atoms with Crippen LogP contribution in [0.4, 0.5) is 5.69 Å². The quantitative estimate of drug-likeness (QED) is 0.852. The topological polar surface area (TPSA) is 66.4 Å². The highest BCUT2D eigenvalue weighted by Gasteiger charge is 2.34. The first-order chi connectivity index (χ1) is 12.4. The van der Waals surface area contributed by atoms with Gasteiger partial charge in [0.05, 0.1) is 0 Å². The molecule has 0 aliphatic carbocycles. The van der Waals surface area contributed by atoms with Gasteiger partial charge in [0.15, 0.2) is 0 Å². The van der Waals surface area contributed by atoms with E-state index in [-0.39, 0.29) is 30.3 Å². The third-order valence-corrected chi connectivity index (χ3v) is 4.60. The molecule has 0 spiro atoms. The van der Waals surface area contributed by atoms with Gasteiger partial charge < -0.3 is 9.80 Å². The Morgan fingerprint density at radius 3 is 2.54 bits per heavy atom. The highest BCUT2D eigenvalue weighted by molar-refractivity contribution is 6.01. The summed E-state index contributed by atoms with van der Waals surface area (Å²) in [5.74, 6) is 0.463. The van der Waals surface area contributed by atoms with Crippen LogP contribution < -0.4 is 4.90 Å². The molecule has 0 bridgehead atoms. The van der Waals surface area contributed by atoms with Crippen molar-refractivity contribution in [2.75, 3.05) is 18.0 Å². The number of carbonyl (C=O) groups is 2. The van der Waals surface area contributed by atoms with Crippen molar-refractivity contribution < 1.29 is 9.59 Å². The van der Waals surface area contributed by atoms with Gasteiger partial charge in [-0.2, -0.15) is 0 Å². The van der Waals surface area contributed by atoms with Crippen molar-refractivity contribution in [1.82, 2.24) is 14.9 Å². The summed E-state index contributed by atoms with van der Waals surface area (Å²) in [7, 11) is 0. The zero-order chi connectivity index (χ0) is 18.8. The standard InChI is InChI=1S/C20H24N4O2/c1-13(2)19-21-10-9-17(22-19)20(26)23-12-18(25)24(11-15(23)4)16-7-5-14(3)6-8-16/h5-10,13,15H,11-12H2,1-4H3/t15-/m0/s1. The summed E-state index contributed by atoms with van der Waals surface area (Å²) in [6.45, 7) is 8.45. The Hall–Kier alpha value is -2.76. The third-order valence-electron chi connectivity index (χ3n) is 4.60. The molecule has 0 saturated carbocycles. The fourth-order valence-corrected chi connectivity index (χ4v) is 3.02. The molecule has 2 amide bonds. The number of anilines is 1. The van der Waals surface area contributed by atoms with E-state index in [2.05, 4.69) is 9.97 Å². The zero-order valence-corrected chi connectivity index (χ0v) is 15.6. The number of hydrogen-bond donors (Lipinski definition) is 0. The maximum absolute atomic E-state index is 12.9. The number of aromatic nitrogens is 2. The van der Waals surface area contributed by atoms with Gasteiger partial charge in [0, 0.05) is 30.4 Å². The van der Waals surface area contributed by atoms with E-state index in [9.17, 15) is 9.59 Å². The van der Waals surface area contributed by atoms with E-state index in [4.69, 9.17) is 0 Å². The minimum Gasteiger partial charge on any atom is -0.323 e. The van der Waals surface area contributed by atoms with Gasteiger partial charge in [-0.25, -0.2) is 9.97 Å². The predicted molar refractivity (Wildman–Crippen MR) is 100 cm³/mol. The molecule has 0 unspecified atom stereocenters. The number of benzene rings is 1. The number of amides is 2. The molecule has 2 heterocycles. The second-order valence-electron chi connectivity index (χ2n) is 7.08. The van der Waals surface area contributed by atoms with E-state index in [0.29, 0.717) is 18.1 Å². The van der Waals surface area contributed by atoms with Crippen LogP contribution in [0.2, 0.25) is 0 Å². The van der Waals surface area contributed by atoms with E-state index in [1.54, 1.807) is 22.1 Å². The monoisotopic (exact) mass is 352 g/mol.